The summed E-state index contributed by atoms with van der Waals surface area (Å²) < 4.78 is 3.05. The molecule has 31 heavy (non-hydrogen) atoms. The number of fused-ring (bicyclic) bond motifs is 6. The first kappa shape index (κ1) is 19.1. The summed E-state index contributed by atoms with van der Waals surface area (Å²) in [5, 5.41) is 0.776. The van der Waals surface area contributed by atoms with Crippen LogP contribution in [0.3, 0.4) is 0 Å². The molecule has 0 amide bonds. The molecule has 6 rings (SSSR count). The van der Waals surface area contributed by atoms with Crippen molar-refractivity contribution in [1.82, 2.24) is 9.55 Å². The van der Waals surface area contributed by atoms with Crippen LogP contribution in [-0.4, -0.2) is 15.3 Å². The zero-order valence-corrected chi connectivity index (χ0v) is 19.1. The van der Waals surface area contributed by atoms with E-state index >= 15 is 0 Å². The third kappa shape index (κ3) is 2.96. The average Bonchev–Trinajstić information content (AvgIpc) is 3.19. The summed E-state index contributed by atoms with van der Waals surface area (Å²) in [5.74, 6) is -0.0361. The first-order valence-electron chi connectivity index (χ1n) is 10.5. The van der Waals surface area contributed by atoms with Crippen molar-refractivity contribution in [1.29, 1.82) is 0 Å². The predicted octanol–water partition coefficient (Wildman–Crippen LogP) is 5.48. The Balaban J connectivity index is 1.61. The highest BCUT2D eigenvalue weighted by atomic mass is 79.9. The standard InChI is InChI=1S/C25H19BrN2O2S/c26-16-11-9-14(10-12-16)22(29)20-17-6-2-1-5-15(17)13-28-23(20)27-24(30)21-18-7-3-4-8-19(18)31-25(21)28/h1-2,5-6,9-12,20H,3-4,7-8,13H2/t20-/m1/s1. The molecule has 0 radical (unpaired) electrons. The molecule has 0 saturated heterocycles. The van der Waals surface area contributed by atoms with Crippen LogP contribution in [0.1, 0.15) is 56.5 Å². The van der Waals surface area contributed by atoms with Crippen LogP contribution in [0.25, 0.3) is 10.2 Å². The van der Waals surface area contributed by atoms with Gasteiger partial charge in [-0.05, 0) is 54.5 Å². The van der Waals surface area contributed by atoms with Crippen molar-refractivity contribution in [3.05, 3.63) is 96.3 Å². The molecule has 0 N–H and O–H groups in total. The van der Waals surface area contributed by atoms with Crippen molar-refractivity contribution < 1.29 is 4.79 Å². The third-order valence-corrected chi connectivity index (χ3v) is 8.29. The van der Waals surface area contributed by atoms with Gasteiger partial charge in [0.15, 0.2) is 5.78 Å². The number of aryl methyl sites for hydroxylation is 2. The van der Waals surface area contributed by atoms with Crippen LogP contribution in [-0.2, 0) is 19.4 Å². The molecule has 0 spiro atoms. The number of hydrogen-bond acceptors (Lipinski definition) is 4. The topological polar surface area (TPSA) is 52.0 Å². The number of ketones is 1. The van der Waals surface area contributed by atoms with E-state index in [2.05, 4.69) is 31.5 Å². The van der Waals surface area contributed by atoms with E-state index in [1.807, 2.05) is 42.5 Å². The zero-order chi connectivity index (χ0) is 21.1. The summed E-state index contributed by atoms with van der Waals surface area (Å²) in [5.41, 5.74) is 3.69. The van der Waals surface area contributed by atoms with Gasteiger partial charge in [-0.1, -0.05) is 52.3 Å². The molecule has 2 aromatic carbocycles. The van der Waals surface area contributed by atoms with Crippen LogP contribution >= 0.6 is 27.3 Å². The smallest absolute Gasteiger partial charge is 0.282 e. The second-order valence-electron chi connectivity index (χ2n) is 8.26. The van der Waals surface area contributed by atoms with E-state index in [-0.39, 0.29) is 11.3 Å². The lowest BCUT2D eigenvalue weighted by molar-refractivity contribution is 0.0967. The molecule has 6 heteroatoms. The lowest BCUT2D eigenvalue weighted by atomic mass is 9.84. The normalized spacial score (nSPS) is 17.1. The van der Waals surface area contributed by atoms with Gasteiger partial charge in [0.25, 0.3) is 5.56 Å². The first-order valence-corrected chi connectivity index (χ1v) is 12.2. The van der Waals surface area contributed by atoms with E-state index in [0.717, 1.165) is 45.1 Å². The molecule has 4 nitrogen and oxygen atoms in total. The molecule has 154 valence electrons. The van der Waals surface area contributed by atoms with Crippen LogP contribution in [0, 0.1) is 0 Å². The maximum absolute atomic E-state index is 13.7. The number of nitrogens with zero attached hydrogens (tertiary/aromatic N) is 2. The zero-order valence-electron chi connectivity index (χ0n) is 16.7. The third-order valence-electron chi connectivity index (χ3n) is 6.45. The van der Waals surface area contributed by atoms with Crippen molar-refractivity contribution in [3.8, 4) is 0 Å². The van der Waals surface area contributed by atoms with E-state index in [9.17, 15) is 9.59 Å². The largest absolute Gasteiger partial charge is 0.315 e. The number of Topliss-reactive ketones (excluding diaryl/α,β-unsaturated/α-hetero) is 1. The van der Waals surface area contributed by atoms with Gasteiger partial charge in [-0.15, -0.1) is 11.3 Å². The number of carbonyl (C=O) groups excluding carboxylic acids is 1. The van der Waals surface area contributed by atoms with Crippen LogP contribution in [0.2, 0.25) is 0 Å². The second-order valence-corrected chi connectivity index (χ2v) is 10.3. The molecule has 2 aliphatic rings. The van der Waals surface area contributed by atoms with Crippen molar-refractivity contribution in [2.45, 2.75) is 38.1 Å². The molecule has 0 bridgehead atoms. The maximum atomic E-state index is 13.7. The fraction of sp³-hybridized carbons (Fsp3) is 0.240. The van der Waals surface area contributed by atoms with Crippen molar-refractivity contribution in [2.75, 3.05) is 0 Å². The quantitative estimate of drug-likeness (QED) is 0.349. The van der Waals surface area contributed by atoms with Gasteiger partial charge in [0, 0.05) is 14.9 Å². The number of thiophene rings is 1. The van der Waals surface area contributed by atoms with E-state index in [0.29, 0.717) is 17.9 Å². The van der Waals surface area contributed by atoms with Crippen molar-refractivity contribution in [2.24, 2.45) is 0 Å². The summed E-state index contributed by atoms with van der Waals surface area (Å²) >= 11 is 5.16. The van der Waals surface area contributed by atoms with Gasteiger partial charge in [-0.25, -0.2) is 0 Å². The summed E-state index contributed by atoms with van der Waals surface area (Å²) in [6.07, 6.45) is 4.26. The van der Waals surface area contributed by atoms with Gasteiger partial charge < -0.3 is 4.57 Å². The fourth-order valence-corrected chi connectivity index (χ4v) is 6.62. The number of hydrogen-bond donors (Lipinski definition) is 0. The molecular weight excluding hydrogens is 472 g/mol. The Bertz CT molecular complexity index is 1420. The summed E-state index contributed by atoms with van der Waals surface area (Å²) in [6.45, 7) is 0.638. The Hall–Kier alpha value is -2.57. The van der Waals surface area contributed by atoms with Gasteiger partial charge in [-0.3, -0.25) is 9.59 Å². The fourth-order valence-electron chi connectivity index (χ4n) is 4.97. The highest BCUT2D eigenvalue weighted by Crippen LogP contribution is 2.40. The van der Waals surface area contributed by atoms with Gasteiger partial charge >= 0.3 is 0 Å². The van der Waals surface area contributed by atoms with Crippen molar-refractivity contribution >= 4 is 43.3 Å². The maximum Gasteiger partial charge on any atom is 0.282 e. The number of benzene rings is 2. The lowest BCUT2D eigenvalue weighted by Gasteiger charge is -2.28. The Labute approximate surface area is 191 Å². The molecule has 1 atom stereocenters. The molecule has 4 aromatic rings. The molecule has 0 fully saturated rings. The van der Waals surface area contributed by atoms with Gasteiger partial charge in [-0.2, -0.15) is 4.98 Å². The van der Waals surface area contributed by atoms with Crippen LogP contribution in [0.15, 0.2) is 57.8 Å². The molecule has 2 aromatic heterocycles. The summed E-state index contributed by atoms with van der Waals surface area (Å²) in [4.78, 5) is 33.8. The van der Waals surface area contributed by atoms with E-state index in [1.165, 1.54) is 16.9 Å². The van der Waals surface area contributed by atoms with Crippen LogP contribution < -0.4 is 5.56 Å². The van der Waals surface area contributed by atoms with Gasteiger partial charge in [0.05, 0.1) is 11.9 Å². The monoisotopic (exact) mass is 490 g/mol. The summed E-state index contributed by atoms with van der Waals surface area (Å²) in [7, 11) is 0. The van der Waals surface area contributed by atoms with Gasteiger partial charge in [0.1, 0.15) is 16.6 Å². The number of aromatic nitrogens is 2. The highest BCUT2D eigenvalue weighted by molar-refractivity contribution is 9.10. The number of halogens is 1. The predicted molar refractivity (Wildman–Crippen MR) is 126 cm³/mol. The molecule has 0 unspecified atom stereocenters. The summed E-state index contributed by atoms with van der Waals surface area (Å²) in [6, 6.07) is 15.4. The molecule has 0 saturated carbocycles. The highest BCUT2D eigenvalue weighted by Gasteiger charge is 2.35. The lowest BCUT2D eigenvalue weighted by Crippen LogP contribution is -2.30. The molecule has 1 aliphatic heterocycles. The van der Waals surface area contributed by atoms with E-state index < -0.39 is 5.92 Å². The minimum Gasteiger partial charge on any atom is -0.315 e. The minimum absolute atomic E-state index is 0.0269. The van der Waals surface area contributed by atoms with E-state index in [4.69, 9.17) is 0 Å². The van der Waals surface area contributed by atoms with E-state index in [1.54, 1.807) is 11.3 Å². The average molecular weight is 491 g/mol. The first-order chi connectivity index (χ1) is 15.1. The Morgan fingerprint density at radius 1 is 1.06 bits per heavy atom. The Morgan fingerprint density at radius 2 is 1.84 bits per heavy atom. The van der Waals surface area contributed by atoms with Crippen LogP contribution in [0.5, 0.6) is 0 Å². The second kappa shape index (κ2) is 7.24. The number of rotatable bonds is 2. The Kier molecular flexibility index (Phi) is 4.47. The molecule has 3 heterocycles. The van der Waals surface area contributed by atoms with Crippen molar-refractivity contribution in [3.63, 3.8) is 0 Å². The number of carbonyl (C=O) groups is 1. The Morgan fingerprint density at radius 3 is 2.68 bits per heavy atom. The van der Waals surface area contributed by atoms with Gasteiger partial charge in [0.2, 0.25) is 0 Å². The molecular formula is C25H19BrN2O2S. The van der Waals surface area contributed by atoms with Crippen LogP contribution in [0.4, 0.5) is 0 Å². The molecule has 1 aliphatic carbocycles. The SMILES string of the molecule is O=C(c1ccc(Br)cc1)[C@H]1c2ccccc2Cn2c1nc(=O)c1c3c(sc12)CCCC3. The minimum atomic E-state index is -0.581.